The molecule has 1 fully saturated rings. The number of para-hydroxylation sites is 1. The molecule has 1 aliphatic rings. The zero-order valence-corrected chi connectivity index (χ0v) is 12.7. The van der Waals surface area contributed by atoms with Crippen molar-refractivity contribution < 1.29 is 0 Å². The maximum atomic E-state index is 4.74. The number of anilines is 1. The molecule has 0 atom stereocenters. The van der Waals surface area contributed by atoms with E-state index < -0.39 is 0 Å². The third-order valence-corrected chi connectivity index (χ3v) is 4.38. The second kappa shape index (κ2) is 5.80. The van der Waals surface area contributed by atoms with Crippen molar-refractivity contribution in [3.63, 3.8) is 0 Å². The molecule has 2 nitrogen and oxygen atoms in total. The lowest BCUT2D eigenvalue weighted by Gasteiger charge is -2.17. The summed E-state index contributed by atoms with van der Waals surface area (Å²) >= 11 is 5.25. The van der Waals surface area contributed by atoms with E-state index in [2.05, 4.69) is 45.1 Å². The first kappa shape index (κ1) is 12.8. The molecule has 1 aliphatic heterocycles. The fourth-order valence-electron chi connectivity index (χ4n) is 1.97. The van der Waals surface area contributed by atoms with E-state index in [1.807, 2.05) is 42.1 Å². The summed E-state index contributed by atoms with van der Waals surface area (Å²) in [5.74, 6) is 1.09. The number of amidine groups is 1. The van der Waals surface area contributed by atoms with Crippen LogP contribution in [0.1, 0.15) is 0 Å². The third kappa shape index (κ3) is 3.01. The lowest BCUT2D eigenvalue weighted by atomic mass is 10.3. The van der Waals surface area contributed by atoms with Crippen molar-refractivity contribution in [3.05, 3.63) is 59.1 Å². The molecule has 3 rings (SSSR count). The number of thioether (sulfide) groups is 1. The Hall–Kier alpha value is -1.26. The second-order valence-corrected chi connectivity index (χ2v) is 6.18. The Bertz CT molecular complexity index is 581. The van der Waals surface area contributed by atoms with Crippen molar-refractivity contribution in [2.75, 3.05) is 17.2 Å². The van der Waals surface area contributed by atoms with Crippen molar-refractivity contribution in [2.45, 2.75) is 0 Å². The van der Waals surface area contributed by atoms with Gasteiger partial charge in [-0.3, -0.25) is 0 Å². The van der Waals surface area contributed by atoms with Gasteiger partial charge in [-0.1, -0.05) is 45.9 Å². The van der Waals surface area contributed by atoms with E-state index in [4.69, 9.17) is 4.99 Å². The summed E-state index contributed by atoms with van der Waals surface area (Å²) in [7, 11) is 0. The Morgan fingerprint density at radius 2 is 1.74 bits per heavy atom. The molecule has 0 saturated carbocycles. The number of rotatable bonds is 2. The van der Waals surface area contributed by atoms with Crippen LogP contribution in [0.4, 0.5) is 11.4 Å². The highest BCUT2D eigenvalue weighted by Crippen LogP contribution is 2.28. The van der Waals surface area contributed by atoms with Gasteiger partial charge >= 0.3 is 0 Å². The van der Waals surface area contributed by atoms with Gasteiger partial charge in [-0.2, -0.15) is 0 Å². The largest absolute Gasteiger partial charge is 0.320 e. The number of nitrogens with zero attached hydrogens (tertiary/aromatic N) is 2. The van der Waals surface area contributed by atoms with Crippen LogP contribution in [-0.4, -0.2) is 17.5 Å². The van der Waals surface area contributed by atoms with Crippen molar-refractivity contribution in [3.8, 4) is 0 Å². The molecule has 0 radical (unpaired) electrons. The Labute approximate surface area is 125 Å². The Morgan fingerprint density at radius 1 is 1.00 bits per heavy atom. The van der Waals surface area contributed by atoms with Gasteiger partial charge in [0.15, 0.2) is 5.17 Å². The summed E-state index contributed by atoms with van der Waals surface area (Å²) in [5, 5.41) is 1.08. The molecule has 1 heterocycles. The molecule has 0 spiro atoms. The molecule has 1 saturated heterocycles. The molecule has 96 valence electrons. The molecular formula is C15H13BrN2S. The van der Waals surface area contributed by atoms with E-state index in [1.54, 1.807) is 0 Å². The molecule has 0 amide bonds. The first-order valence-corrected chi connectivity index (χ1v) is 7.90. The van der Waals surface area contributed by atoms with Crippen LogP contribution in [0.2, 0.25) is 0 Å². The van der Waals surface area contributed by atoms with Gasteiger partial charge in [-0.05, 0) is 36.4 Å². The van der Waals surface area contributed by atoms with E-state index in [-0.39, 0.29) is 0 Å². The maximum absolute atomic E-state index is 4.74. The first-order chi connectivity index (χ1) is 9.33. The second-order valence-electron chi connectivity index (χ2n) is 4.21. The van der Waals surface area contributed by atoms with Gasteiger partial charge in [0.05, 0.1) is 5.69 Å². The minimum atomic E-state index is 0.994. The Morgan fingerprint density at radius 3 is 2.47 bits per heavy atom. The number of aliphatic imine (C=N–C) groups is 1. The van der Waals surface area contributed by atoms with Crippen molar-refractivity contribution in [1.29, 1.82) is 0 Å². The number of hydrogen-bond donors (Lipinski definition) is 0. The molecule has 2 aromatic carbocycles. The van der Waals surface area contributed by atoms with Gasteiger partial charge in [0.2, 0.25) is 0 Å². The summed E-state index contributed by atoms with van der Waals surface area (Å²) in [5.41, 5.74) is 2.21. The molecule has 19 heavy (non-hydrogen) atoms. The molecule has 0 aliphatic carbocycles. The Balaban J connectivity index is 1.89. The SMILES string of the molecule is Brc1ccc(N=C2SCCN2c2ccccc2)cc1. The molecular weight excluding hydrogens is 320 g/mol. The molecule has 0 bridgehead atoms. The van der Waals surface area contributed by atoms with Crippen LogP contribution < -0.4 is 4.90 Å². The lowest BCUT2D eigenvalue weighted by Crippen LogP contribution is -2.23. The quantitative estimate of drug-likeness (QED) is 0.792. The molecule has 4 heteroatoms. The van der Waals surface area contributed by atoms with Gasteiger partial charge in [0, 0.05) is 22.5 Å². The number of hydrogen-bond acceptors (Lipinski definition) is 2. The Kier molecular flexibility index (Phi) is 3.89. The van der Waals surface area contributed by atoms with E-state index >= 15 is 0 Å². The topological polar surface area (TPSA) is 15.6 Å². The zero-order valence-electron chi connectivity index (χ0n) is 10.3. The van der Waals surface area contributed by atoms with Gasteiger partial charge in [-0.25, -0.2) is 4.99 Å². The molecule has 0 aromatic heterocycles. The predicted octanol–water partition coefficient (Wildman–Crippen LogP) is 4.69. The van der Waals surface area contributed by atoms with Crippen LogP contribution in [0.3, 0.4) is 0 Å². The van der Waals surface area contributed by atoms with Crippen LogP contribution in [0.25, 0.3) is 0 Å². The van der Waals surface area contributed by atoms with E-state index in [1.165, 1.54) is 5.69 Å². The van der Waals surface area contributed by atoms with Crippen molar-refractivity contribution >= 4 is 44.2 Å². The normalized spacial score (nSPS) is 17.1. The lowest BCUT2D eigenvalue weighted by molar-refractivity contribution is 1.10. The summed E-state index contributed by atoms with van der Waals surface area (Å²) in [6.45, 7) is 1.02. The molecule has 0 unspecified atom stereocenters. The number of halogens is 1. The fourth-order valence-corrected chi connectivity index (χ4v) is 3.21. The zero-order chi connectivity index (χ0) is 13.1. The third-order valence-electron chi connectivity index (χ3n) is 2.90. The minimum absolute atomic E-state index is 0.994. The standard InChI is InChI=1S/C15H13BrN2S/c16-12-6-8-13(9-7-12)17-15-18(10-11-19-15)14-4-2-1-3-5-14/h1-9H,10-11H2. The van der Waals surface area contributed by atoms with Crippen LogP contribution >= 0.6 is 27.7 Å². The average Bonchev–Trinajstić information content (AvgIpc) is 2.90. The highest BCUT2D eigenvalue weighted by molar-refractivity contribution is 9.10. The van der Waals surface area contributed by atoms with E-state index in [0.29, 0.717) is 0 Å². The van der Waals surface area contributed by atoms with E-state index in [0.717, 1.165) is 27.6 Å². The average molecular weight is 333 g/mol. The van der Waals surface area contributed by atoms with Gasteiger partial charge in [0.25, 0.3) is 0 Å². The summed E-state index contributed by atoms with van der Waals surface area (Å²) in [4.78, 5) is 7.01. The summed E-state index contributed by atoms with van der Waals surface area (Å²) < 4.78 is 1.08. The van der Waals surface area contributed by atoms with Crippen molar-refractivity contribution in [2.24, 2.45) is 4.99 Å². The molecule has 2 aromatic rings. The predicted molar refractivity (Wildman–Crippen MR) is 87.5 cm³/mol. The molecule has 0 N–H and O–H groups in total. The van der Waals surface area contributed by atoms with E-state index in [9.17, 15) is 0 Å². The van der Waals surface area contributed by atoms with Crippen LogP contribution in [-0.2, 0) is 0 Å². The van der Waals surface area contributed by atoms with Crippen LogP contribution in [0.15, 0.2) is 64.1 Å². The summed E-state index contributed by atoms with van der Waals surface area (Å²) in [6.07, 6.45) is 0. The first-order valence-electron chi connectivity index (χ1n) is 6.12. The monoisotopic (exact) mass is 332 g/mol. The van der Waals surface area contributed by atoms with Gasteiger partial charge in [0.1, 0.15) is 0 Å². The van der Waals surface area contributed by atoms with Crippen molar-refractivity contribution in [1.82, 2.24) is 0 Å². The van der Waals surface area contributed by atoms with Gasteiger partial charge < -0.3 is 4.90 Å². The maximum Gasteiger partial charge on any atom is 0.168 e. The summed E-state index contributed by atoms with van der Waals surface area (Å²) in [6, 6.07) is 18.5. The fraction of sp³-hybridized carbons (Fsp3) is 0.133. The number of benzene rings is 2. The van der Waals surface area contributed by atoms with Gasteiger partial charge in [-0.15, -0.1) is 0 Å². The smallest absolute Gasteiger partial charge is 0.168 e. The minimum Gasteiger partial charge on any atom is -0.320 e. The highest BCUT2D eigenvalue weighted by atomic mass is 79.9. The van der Waals surface area contributed by atoms with Crippen LogP contribution in [0, 0.1) is 0 Å². The highest BCUT2D eigenvalue weighted by Gasteiger charge is 2.20. The van der Waals surface area contributed by atoms with Crippen LogP contribution in [0.5, 0.6) is 0 Å².